The van der Waals surface area contributed by atoms with Crippen LogP contribution in [0, 0.1) is 5.92 Å². The number of aliphatic carboxylic acids is 2. The summed E-state index contributed by atoms with van der Waals surface area (Å²) in [5.41, 5.74) is 11.7. The van der Waals surface area contributed by atoms with Gasteiger partial charge in [-0.2, -0.15) is 0 Å². The van der Waals surface area contributed by atoms with E-state index in [0.29, 0.717) is 11.1 Å². The number of phenolic OH excluding ortho intramolecular Hbond substituents is 2. The third kappa shape index (κ3) is 12.6. The van der Waals surface area contributed by atoms with E-state index in [1.165, 1.54) is 48.5 Å². The maximum atomic E-state index is 13.7. The van der Waals surface area contributed by atoms with Gasteiger partial charge in [-0.25, -0.2) is 4.79 Å². The van der Waals surface area contributed by atoms with Crippen molar-refractivity contribution in [2.75, 3.05) is 0 Å². The van der Waals surface area contributed by atoms with Gasteiger partial charge >= 0.3 is 11.9 Å². The zero-order chi connectivity index (χ0) is 36.1. The van der Waals surface area contributed by atoms with E-state index in [-0.39, 0.29) is 24.3 Å². The SMILES string of the molecule is CC(C)[C@H](NC(=O)[C@H](Cc1ccc(O)cc1)NC(=O)[C@H](Cc1ccc(O)cc1)NC(=O)[C@@H](N)CC(=O)O)C(=O)N[C@@H](CC(N)=O)C(=O)O. The van der Waals surface area contributed by atoms with Crippen molar-refractivity contribution in [1.29, 1.82) is 0 Å². The highest BCUT2D eigenvalue weighted by Crippen LogP contribution is 2.14. The number of aromatic hydroxyl groups is 2. The molecule has 0 fully saturated rings. The van der Waals surface area contributed by atoms with Crippen molar-refractivity contribution in [3.05, 3.63) is 59.7 Å². The van der Waals surface area contributed by atoms with Crippen LogP contribution >= 0.6 is 0 Å². The first-order chi connectivity index (χ1) is 22.5. The summed E-state index contributed by atoms with van der Waals surface area (Å²) in [5.74, 6) is -8.29. The average Bonchev–Trinajstić information content (AvgIpc) is 2.99. The molecular weight excluding hydrogens is 632 g/mol. The van der Waals surface area contributed by atoms with Gasteiger partial charge in [-0.15, -0.1) is 0 Å². The van der Waals surface area contributed by atoms with Crippen molar-refractivity contribution in [3.63, 3.8) is 0 Å². The topological polar surface area (TPSA) is 301 Å². The van der Waals surface area contributed by atoms with Crippen LogP contribution < -0.4 is 32.7 Å². The molecule has 0 aliphatic heterocycles. The number of hydrogen-bond donors (Lipinski definition) is 10. The van der Waals surface area contributed by atoms with Crippen LogP contribution in [0.15, 0.2) is 48.5 Å². The highest BCUT2D eigenvalue weighted by Gasteiger charge is 2.34. The van der Waals surface area contributed by atoms with E-state index in [1.54, 1.807) is 13.8 Å². The number of phenols is 2. The molecule has 2 aromatic rings. The summed E-state index contributed by atoms with van der Waals surface area (Å²) in [7, 11) is 0. The van der Waals surface area contributed by atoms with Crippen LogP contribution in [0.4, 0.5) is 0 Å². The first kappa shape index (κ1) is 38.5. The lowest BCUT2D eigenvalue weighted by atomic mass is 9.99. The first-order valence-corrected chi connectivity index (χ1v) is 14.7. The number of hydrogen-bond acceptors (Lipinski definition) is 10. The molecule has 17 heteroatoms. The van der Waals surface area contributed by atoms with Gasteiger partial charge in [0.15, 0.2) is 0 Å². The van der Waals surface area contributed by atoms with E-state index in [0.717, 1.165) is 0 Å². The maximum absolute atomic E-state index is 13.7. The molecule has 17 nitrogen and oxygen atoms in total. The Bertz CT molecular complexity index is 1480. The van der Waals surface area contributed by atoms with E-state index >= 15 is 0 Å². The quantitative estimate of drug-likeness (QED) is 0.0842. The summed E-state index contributed by atoms with van der Waals surface area (Å²) in [6, 6.07) is 3.98. The van der Waals surface area contributed by atoms with Gasteiger partial charge in [-0.05, 0) is 41.3 Å². The number of carboxylic acid groups (broad SMARTS) is 2. The summed E-state index contributed by atoms with van der Waals surface area (Å²) in [6.45, 7) is 3.12. The van der Waals surface area contributed by atoms with Gasteiger partial charge in [0.1, 0.15) is 35.7 Å². The fourth-order valence-corrected chi connectivity index (χ4v) is 4.44. The Hall–Kier alpha value is -5.71. The normalized spacial score (nSPS) is 14.0. The Morgan fingerprint density at radius 2 is 1.04 bits per heavy atom. The van der Waals surface area contributed by atoms with Crippen LogP contribution in [0.5, 0.6) is 11.5 Å². The van der Waals surface area contributed by atoms with Crippen LogP contribution in [0.1, 0.15) is 37.8 Å². The van der Waals surface area contributed by atoms with E-state index in [1.807, 2.05) is 0 Å². The summed E-state index contributed by atoms with van der Waals surface area (Å²) in [4.78, 5) is 87.2. The van der Waals surface area contributed by atoms with Crippen LogP contribution in [-0.2, 0) is 46.4 Å². The van der Waals surface area contributed by atoms with Gasteiger partial charge in [0.2, 0.25) is 29.5 Å². The number of carboxylic acids is 2. The van der Waals surface area contributed by atoms with Crippen LogP contribution in [0.3, 0.4) is 0 Å². The van der Waals surface area contributed by atoms with Crippen LogP contribution in [-0.4, -0.2) is 92.1 Å². The number of amides is 5. The lowest BCUT2D eigenvalue weighted by Crippen LogP contribution is -2.60. The first-order valence-electron chi connectivity index (χ1n) is 14.7. The number of nitrogens with two attached hydrogens (primary N) is 2. The molecule has 0 radical (unpaired) electrons. The largest absolute Gasteiger partial charge is 0.508 e. The van der Waals surface area contributed by atoms with Crippen molar-refractivity contribution in [2.24, 2.45) is 17.4 Å². The van der Waals surface area contributed by atoms with Crippen molar-refractivity contribution in [2.45, 2.75) is 69.7 Å². The molecule has 0 aliphatic rings. The van der Waals surface area contributed by atoms with Crippen LogP contribution in [0.2, 0.25) is 0 Å². The van der Waals surface area contributed by atoms with Gasteiger partial charge in [-0.1, -0.05) is 38.1 Å². The minimum atomic E-state index is -1.67. The van der Waals surface area contributed by atoms with E-state index in [4.69, 9.17) is 16.6 Å². The molecule has 0 aliphatic carbocycles. The summed E-state index contributed by atoms with van der Waals surface area (Å²) in [6.07, 6.45) is -1.78. The summed E-state index contributed by atoms with van der Waals surface area (Å²) < 4.78 is 0. The fourth-order valence-electron chi connectivity index (χ4n) is 4.44. The van der Waals surface area contributed by atoms with Crippen molar-refractivity contribution < 1.29 is 54.0 Å². The predicted octanol–water partition coefficient (Wildman–Crippen LogP) is -1.76. The monoisotopic (exact) mass is 672 g/mol. The molecule has 2 rings (SSSR count). The number of nitrogens with one attached hydrogen (secondary N) is 4. The molecule has 0 heterocycles. The van der Waals surface area contributed by atoms with Crippen molar-refractivity contribution in [1.82, 2.24) is 21.3 Å². The molecular formula is C31H40N6O11. The number of rotatable bonds is 18. The molecule has 0 saturated carbocycles. The highest BCUT2D eigenvalue weighted by atomic mass is 16.4. The number of carbonyl (C=O) groups excluding carboxylic acids is 5. The van der Waals surface area contributed by atoms with Gasteiger partial charge in [0, 0.05) is 12.8 Å². The maximum Gasteiger partial charge on any atom is 0.326 e. The van der Waals surface area contributed by atoms with E-state index < -0.39 is 90.4 Å². The lowest BCUT2D eigenvalue weighted by molar-refractivity contribution is -0.144. The molecule has 2 aromatic carbocycles. The molecule has 0 aromatic heterocycles. The smallest absolute Gasteiger partial charge is 0.326 e. The molecule has 5 atom stereocenters. The molecule has 0 saturated heterocycles. The van der Waals surface area contributed by atoms with E-state index in [2.05, 4.69) is 21.3 Å². The summed E-state index contributed by atoms with van der Waals surface area (Å²) >= 11 is 0. The summed E-state index contributed by atoms with van der Waals surface area (Å²) in [5, 5.41) is 47.4. The standard InChI is InChI=1S/C31H40N6O11/c1-15(2)26(30(46)36-23(31(47)48)14-24(33)40)37-29(45)22(12-17-5-9-19(39)10-6-17)35-28(44)21(11-16-3-7-18(38)8-4-16)34-27(43)20(32)13-25(41)42/h3-10,15,20-23,26,38-39H,11-14,32H2,1-2H3,(H2,33,40)(H,34,43)(H,35,44)(H,36,46)(H,37,45)(H,41,42)(H,47,48)/t20-,21-,22-,23-,26-/m0/s1. The average molecular weight is 673 g/mol. The number of benzene rings is 2. The fraction of sp³-hybridized carbons (Fsp3) is 0.387. The van der Waals surface area contributed by atoms with Gasteiger partial charge in [-0.3, -0.25) is 28.8 Å². The molecule has 0 unspecified atom stereocenters. The molecule has 12 N–H and O–H groups in total. The lowest BCUT2D eigenvalue weighted by Gasteiger charge is -2.28. The molecule has 260 valence electrons. The minimum absolute atomic E-state index is 0.0639. The Balaban J connectivity index is 2.40. The molecule has 0 spiro atoms. The molecule has 0 bridgehead atoms. The second-order valence-corrected chi connectivity index (χ2v) is 11.4. The highest BCUT2D eigenvalue weighted by molar-refractivity contribution is 5.96. The third-order valence-corrected chi connectivity index (χ3v) is 7.02. The van der Waals surface area contributed by atoms with E-state index in [9.17, 15) is 48.9 Å². The van der Waals surface area contributed by atoms with Crippen molar-refractivity contribution in [3.8, 4) is 11.5 Å². The number of primary amides is 1. The van der Waals surface area contributed by atoms with Gasteiger partial charge < -0.3 is 53.2 Å². The predicted molar refractivity (Wildman–Crippen MR) is 168 cm³/mol. The van der Waals surface area contributed by atoms with Crippen molar-refractivity contribution >= 4 is 41.5 Å². The number of carbonyl (C=O) groups is 7. The van der Waals surface area contributed by atoms with Crippen LogP contribution in [0.25, 0.3) is 0 Å². The minimum Gasteiger partial charge on any atom is -0.508 e. The van der Waals surface area contributed by atoms with Gasteiger partial charge in [0.25, 0.3) is 0 Å². The Kier molecular flexibility index (Phi) is 14.3. The molecule has 48 heavy (non-hydrogen) atoms. The molecule has 5 amide bonds. The van der Waals surface area contributed by atoms with Gasteiger partial charge in [0.05, 0.1) is 18.9 Å². The Morgan fingerprint density at radius 1 is 0.625 bits per heavy atom. The zero-order valence-electron chi connectivity index (χ0n) is 26.2. The zero-order valence-corrected chi connectivity index (χ0v) is 26.2. The Morgan fingerprint density at radius 3 is 1.44 bits per heavy atom. The second-order valence-electron chi connectivity index (χ2n) is 11.4. The third-order valence-electron chi connectivity index (χ3n) is 7.02. The Labute approximate surface area is 275 Å². The second kappa shape index (κ2) is 17.8.